The molecular weight excluding hydrogens is 936 g/mol. The van der Waals surface area contributed by atoms with Crippen LogP contribution in [0.1, 0.15) is 20.3 Å². The average Bonchev–Trinajstić information content (AvgIpc) is 3.30. The van der Waals surface area contributed by atoms with E-state index in [0.29, 0.717) is 0 Å². The van der Waals surface area contributed by atoms with E-state index in [1.165, 1.54) is 0 Å². The SMILES string of the molecule is CC(=O)N[C@H]1[C@H](O[C@@H]2[C@H](O[C@]3(C(=O)O)C[C@H](O)[C@@H](NC(C)=O)[C@H]([C@H](O)[C@H](O)CO)O3)[C@@H](O)[C@H](O[C@@H]([C@H](O)[C@@H](O)C=O)[C@H](O)CO)O[C@@H]2CO)O[C@H](CO)[C@H](O)[C@@H]1O[C@@H]1O[C@H](CO)[C@H](O)[C@H](O)[C@H]1O. The van der Waals surface area contributed by atoms with Crippen LogP contribution < -0.4 is 10.6 Å². The molecule has 25 atom stereocenters. The number of aliphatic hydroxyl groups is 16. The zero-order valence-electron chi connectivity index (χ0n) is 36.2. The van der Waals surface area contributed by atoms with E-state index in [9.17, 15) is 106 Å². The molecule has 4 heterocycles. The van der Waals surface area contributed by atoms with E-state index in [4.69, 9.17) is 37.9 Å². The van der Waals surface area contributed by atoms with Gasteiger partial charge in [0.15, 0.2) is 25.2 Å². The number of aldehydes is 1. The maximum atomic E-state index is 13.4. The number of hydrogen-bond acceptors (Lipinski definition) is 28. The molecule has 394 valence electrons. The van der Waals surface area contributed by atoms with Crippen LogP contribution in [-0.2, 0) is 57.1 Å². The first-order valence-corrected chi connectivity index (χ1v) is 21.0. The molecule has 31 nitrogen and oxygen atoms in total. The first kappa shape index (κ1) is 57.7. The van der Waals surface area contributed by atoms with Crippen molar-refractivity contribution in [3.8, 4) is 0 Å². The van der Waals surface area contributed by atoms with Crippen LogP contribution in [0.5, 0.6) is 0 Å². The van der Waals surface area contributed by atoms with Crippen molar-refractivity contribution >= 4 is 24.1 Å². The highest BCUT2D eigenvalue weighted by Gasteiger charge is 2.61. The molecule has 4 aliphatic rings. The van der Waals surface area contributed by atoms with Gasteiger partial charge < -0.3 is 140 Å². The highest BCUT2D eigenvalue weighted by Crippen LogP contribution is 2.40. The molecule has 31 heteroatoms. The number of hydrogen-bond donors (Lipinski definition) is 19. The number of amides is 2. The maximum absolute atomic E-state index is 13.4. The fourth-order valence-electron chi connectivity index (χ4n) is 8.08. The Labute approximate surface area is 384 Å². The molecule has 4 saturated heterocycles. The van der Waals surface area contributed by atoms with Crippen LogP contribution in [0.4, 0.5) is 0 Å². The fraction of sp³-hybridized carbons (Fsp3) is 0.892. The zero-order valence-corrected chi connectivity index (χ0v) is 36.2. The van der Waals surface area contributed by atoms with Crippen LogP contribution in [0, 0.1) is 0 Å². The topological polar surface area (TPSA) is 510 Å². The van der Waals surface area contributed by atoms with E-state index in [2.05, 4.69) is 10.6 Å². The molecule has 0 spiro atoms. The van der Waals surface area contributed by atoms with Crippen LogP contribution in [0.15, 0.2) is 0 Å². The lowest BCUT2D eigenvalue weighted by Gasteiger charge is -2.52. The number of aliphatic carboxylic acids is 1. The van der Waals surface area contributed by atoms with Gasteiger partial charge in [-0.15, -0.1) is 0 Å². The van der Waals surface area contributed by atoms with Gasteiger partial charge in [-0.05, 0) is 0 Å². The predicted molar refractivity (Wildman–Crippen MR) is 208 cm³/mol. The monoisotopic (exact) mass is 998 g/mol. The lowest BCUT2D eigenvalue weighted by atomic mass is 9.88. The van der Waals surface area contributed by atoms with Gasteiger partial charge in [-0.25, -0.2) is 4.79 Å². The van der Waals surface area contributed by atoms with Gasteiger partial charge in [0.2, 0.25) is 11.8 Å². The Hall–Kier alpha value is -2.88. The van der Waals surface area contributed by atoms with Crippen molar-refractivity contribution in [1.82, 2.24) is 10.6 Å². The molecule has 4 fully saturated rings. The molecule has 0 saturated carbocycles. The second-order valence-electron chi connectivity index (χ2n) is 16.5. The zero-order chi connectivity index (χ0) is 51.1. The van der Waals surface area contributed by atoms with Crippen LogP contribution in [0.3, 0.4) is 0 Å². The minimum Gasteiger partial charge on any atom is -0.477 e. The Morgan fingerprint density at radius 3 is 1.72 bits per heavy atom. The van der Waals surface area contributed by atoms with Crippen molar-refractivity contribution in [2.45, 2.75) is 173 Å². The summed E-state index contributed by atoms with van der Waals surface area (Å²) in [5.74, 6) is -7.36. The highest BCUT2D eigenvalue weighted by atomic mass is 16.8. The lowest BCUT2D eigenvalue weighted by molar-refractivity contribution is -0.398. The Balaban J connectivity index is 1.88. The van der Waals surface area contributed by atoms with Crippen molar-refractivity contribution in [2.24, 2.45) is 0 Å². The molecule has 19 N–H and O–H groups in total. The lowest BCUT2D eigenvalue weighted by Crippen LogP contribution is -2.72. The summed E-state index contributed by atoms with van der Waals surface area (Å²) in [6, 6.07) is -3.65. The third kappa shape index (κ3) is 12.8. The number of carbonyl (C=O) groups is 4. The third-order valence-corrected chi connectivity index (χ3v) is 11.6. The Kier molecular flexibility index (Phi) is 21.2. The normalized spacial score (nSPS) is 41.6. The van der Waals surface area contributed by atoms with Crippen molar-refractivity contribution in [3.05, 3.63) is 0 Å². The minimum absolute atomic E-state index is 0.203. The minimum atomic E-state index is -3.37. The number of carbonyl (C=O) groups excluding carboxylic acids is 3. The third-order valence-electron chi connectivity index (χ3n) is 11.6. The van der Waals surface area contributed by atoms with Crippen LogP contribution >= 0.6 is 0 Å². The summed E-state index contributed by atoms with van der Waals surface area (Å²) in [7, 11) is 0. The largest absolute Gasteiger partial charge is 0.477 e. The molecule has 0 aliphatic carbocycles. The summed E-state index contributed by atoms with van der Waals surface area (Å²) in [6.07, 6.45) is -48.8. The van der Waals surface area contributed by atoms with E-state index in [-0.39, 0.29) is 6.29 Å². The maximum Gasteiger partial charge on any atom is 0.364 e. The molecule has 0 aromatic carbocycles. The van der Waals surface area contributed by atoms with Crippen LogP contribution in [0.2, 0.25) is 0 Å². The Bertz CT molecular complexity index is 1640. The number of ether oxygens (including phenoxy) is 8. The average molecular weight is 999 g/mol. The van der Waals surface area contributed by atoms with Crippen molar-refractivity contribution in [1.29, 1.82) is 0 Å². The van der Waals surface area contributed by atoms with Crippen LogP contribution in [0.25, 0.3) is 0 Å². The molecule has 2 amide bonds. The van der Waals surface area contributed by atoms with Gasteiger partial charge in [0, 0.05) is 20.3 Å². The Morgan fingerprint density at radius 1 is 0.662 bits per heavy atom. The second-order valence-corrected chi connectivity index (χ2v) is 16.5. The summed E-state index contributed by atoms with van der Waals surface area (Å²) in [6.45, 7) is -3.86. The van der Waals surface area contributed by atoms with Gasteiger partial charge in [-0.1, -0.05) is 0 Å². The smallest absolute Gasteiger partial charge is 0.364 e. The number of aliphatic hydroxyl groups excluding tert-OH is 16. The molecule has 0 bridgehead atoms. The summed E-state index contributed by atoms with van der Waals surface area (Å²) < 4.78 is 46.0. The summed E-state index contributed by atoms with van der Waals surface area (Å²) >= 11 is 0. The van der Waals surface area contributed by atoms with Gasteiger partial charge in [-0.3, -0.25) is 9.59 Å². The molecule has 0 aromatic rings. The van der Waals surface area contributed by atoms with E-state index >= 15 is 0 Å². The standard InChI is InChI=1S/C37H62N2O29/c1-10(46)38-19-12(48)3-37(36(59)60,67-31(19)22(53)14(50)5-41)68-32-27(58)35(64-28(15(51)6-42)21(52)13(49)4-40)63-18(9-45)29(32)65-33-20(39-11(2)47)30(24(55)17(8-44)61-33)66-34-26(57)25(56)23(54)16(7-43)62-34/h4,12-35,41-45,48-58H,3,5-9H2,1-2H3,(H,38,46)(H,39,47)(H,59,60)/t12-,13-,14+,15+,16+,17+,18+,19+,20+,21+,22+,23-,24-,25-,26+,27+,28+,29-,30+,31+,32+,33-,34-,35-,37-/m0/s1. The molecule has 0 unspecified atom stereocenters. The second kappa shape index (κ2) is 25.0. The van der Waals surface area contributed by atoms with E-state index in [1.807, 2.05) is 0 Å². The quantitative estimate of drug-likeness (QED) is 0.0448. The van der Waals surface area contributed by atoms with Gasteiger partial charge in [0.1, 0.15) is 116 Å². The van der Waals surface area contributed by atoms with Crippen molar-refractivity contribution < 1.29 is 144 Å². The van der Waals surface area contributed by atoms with Gasteiger partial charge in [0.25, 0.3) is 5.79 Å². The fourth-order valence-corrected chi connectivity index (χ4v) is 8.08. The summed E-state index contributed by atoms with van der Waals surface area (Å²) in [4.78, 5) is 49.6. The first-order valence-electron chi connectivity index (χ1n) is 21.0. The number of nitrogens with one attached hydrogen (secondary N) is 2. The number of rotatable bonds is 22. The van der Waals surface area contributed by atoms with E-state index in [1.54, 1.807) is 0 Å². The summed E-state index contributed by atoms with van der Waals surface area (Å²) in [5.41, 5.74) is 0. The molecule has 0 aromatic heterocycles. The highest BCUT2D eigenvalue weighted by molar-refractivity contribution is 5.76. The first-order chi connectivity index (χ1) is 31.9. The van der Waals surface area contributed by atoms with Gasteiger partial charge in [-0.2, -0.15) is 0 Å². The van der Waals surface area contributed by atoms with Gasteiger partial charge >= 0.3 is 5.97 Å². The number of carboxylic acids is 1. The molecule has 68 heavy (non-hydrogen) atoms. The molecule has 4 aliphatic heterocycles. The molecule has 0 radical (unpaired) electrons. The predicted octanol–water partition coefficient (Wildman–Crippen LogP) is -12.6. The van der Waals surface area contributed by atoms with Crippen molar-refractivity contribution in [2.75, 3.05) is 33.0 Å². The van der Waals surface area contributed by atoms with Crippen LogP contribution in [-0.4, -0.2) is 297 Å². The van der Waals surface area contributed by atoms with Gasteiger partial charge in [0.05, 0.1) is 45.2 Å². The Morgan fingerprint density at radius 2 is 1.19 bits per heavy atom. The molecule has 4 rings (SSSR count). The van der Waals surface area contributed by atoms with Crippen molar-refractivity contribution in [3.63, 3.8) is 0 Å². The van der Waals surface area contributed by atoms with E-state index in [0.717, 1.165) is 13.8 Å². The molecular formula is C37H62N2O29. The summed E-state index contributed by atoms with van der Waals surface area (Å²) in [5, 5.41) is 184. The van der Waals surface area contributed by atoms with E-state index < -0.39 is 210 Å². The number of carboxylic acid groups (broad SMARTS) is 1.